The number of carboxylic acid groups (broad SMARTS) is 1. The number of carbonyl (C=O) groups is 1. The first-order chi connectivity index (χ1) is 13.0. The summed E-state index contributed by atoms with van der Waals surface area (Å²) >= 11 is 0. The molecule has 0 amide bonds. The molecule has 1 atom stereocenters. The van der Waals surface area contributed by atoms with Crippen LogP contribution in [0.25, 0.3) is 11.3 Å². The number of likely N-dealkylation sites (tertiary alicyclic amines) is 1. The van der Waals surface area contributed by atoms with Crippen LogP contribution in [0.5, 0.6) is 0 Å². The predicted octanol–water partition coefficient (Wildman–Crippen LogP) is 2.66. The van der Waals surface area contributed by atoms with Crippen LogP contribution in [0.15, 0.2) is 51.7 Å². The van der Waals surface area contributed by atoms with Crippen LogP contribution < -0.4 is 5.56 Å². The summed E-state index contributed by atoms with van der Waals surface area (Å²) in [5, 5.41) is 12.5. The van der Waals surface area contributed by atoms with E-state index in [1.54, 1.807) is 37.4 Å². The molecule has 0 spiro atoms. The Hall–Kier alpha value is -3.06. The van der Waals surface area contributed by atoms with Crippen molar-refractivity contribution in [1.82, 2.24) is 14.7 Å². The van der Waals surface area contributed by atoms with E-state index in [1.165, 1.54) is 4.68 Å². The molecule has 1 aliphatic rings. The molecule has 3 heterocycles. The summed E-state index contributed by atoms with van der Waals surface area (Å²) in [6, 6.07) is 12.2. The minimum Gasteiger partial charge on any atom is -0.478 e. The van der Waals surface area contributed by atoms with Crippen molar-refractivity contribution in [2.45, 2.75) is 18.9 Å². The lowest BCUT2D eigenvalue weighted by Gasteiger charge is -2.14. The van der Waals surface area contributed by atoms with E-state index >= 15 is 0 Å². The summed E-state index contributed by atoms with van der Waals surface area (Å²) < 4.78 is 7.42. The molecule has 0 saturated carbocycles. The first-order valence-corrected chi connectivity index (χ1v) is 8.91. The molecule has 140 valence electrons. The normalized spacial score (nSPS) is 17.4. The zero-order valence-electron chi connectivity index (χ0n) is 15.0. The average molecular weight is 367 g/mol. The van der Waals surface area contributed by atoms with E-state index in [0.717, 1.165) is 31.0 Å². The maximum Gasteiger partial charge on any atom is 0.336 e. The van der Waals surface area contributed by atoms with E-state index < -0.39 is 5.97 Å². The standard InChI is InChI=1S/C20H21N3O4/c1-22-19(24)10-17(21-22)13-8-9-23(11-13)12-14-6-7-18(27-14)15-4-2-3-5-16(15)20(25)26/h2-7,10,13,21H,8-9,11-12H2,1H3,(H,25,26). The largest absolute Gasteiger partial charge is 0.478 e. The van der Waals surface area contributed by atoms with Gasteiger partial charge in [0, 0.05) is 36.8 Å². The molecule has 27 heavy (non-hydrogen) atoms. The van der Waals surface area contributed by atoms with Crippen molar-refractivity contribution in [3.05, 3.63) is 69.8 Å². The number of aromatic nitrogens is 2. The molecular formula is C20H21N3O4. The third-order valence-corrected chi connectivity index (χ3v) is 5.08. The molecule has 1 unspecified atom stereocenters. The van der Waals surface area contributed by atoms with Crippen LogP contribution in [0.1, 0.15) is 34.2 Å². The number of hydrogen-bond acceptors (Lipinski definition) is 4. The van der Waals surface area contributed by atoms with Gasteiger partial charge in [-0.1, -0.05) is 18.2 Å². The summed E-state index contributed by atoms with van der Waals surface area (Å²) in [5.74, 6) is 0.697. The van der Waals surface area contributed by atoms with Crippen LogP contribution in [-0.4, -0.2) is 38.8 Å². The van der Waals surface area contributed by atoms with Crippen molar-refractivity contribution < 1.29 is 14.3 Å². The van der Waals surface area contributed by atoms with E-state index in [-0.39, 0.29) is 11.1 Å². The summed E-state index contributed by atoms with van der Waals surface area (Å²) in [4.78, 5) is 25.3. The third-order valence-electron chi connectivity index (χ3n) is 5.08. The summed E-state index contributed by atoms with van der Waals surface area (Å²) in [6.45, 7) is 2.42. The number of nitrogens with zero attached hydrogens (tertiary/aromatic N) is 2. The van der Waals surface area contributed by atoms with E-state index in [9.17, 15) is 14.7 Å². The maximum atomic E-state index is 11.6. The highest BCUT2D eigenvalue weighted by Crippen LogP contribution is 2.29. The van der Waals surface area contributed by atoms with Crippen molar-refractivity contribution >= 4 is 5.97 Å². The van der Waals surface area contributed by atoms with Crippen molar-refractivity contribution in [2.75, 3.05) is 13.1 Å². The zero-order valence-corrected chi connectivity index (χ0v) is 15.0. The number of benzene rings is 1. The Morgan fingerprint density at radius 2 is 2.11 bits per heavy atom. The number of aromatic amines is 1. The minimum atomic E-state index is -0.970. The van der Waals surface area contributed by atoms with Gasteiger partial charge in [-0.3, -0.25) is 19.5 Å². The zero-order chi connectivity index (χ0) is 19.0. The van der Waals surface area contributed by atoms with Gasteiger partial charge in [0.1, 0.15) is 11.5 Å². The van der Waals surface area contributed by atoms with Crippen LogP contribution in [0.2, 0.25) is 0 Å². The second-order valence-electron chi connectivity index (χ2n) is 6.95. The first-order valence-electron chi connectivity index (χ1n) is 8.91. The fraction of sp³-hybridized carbons (Fsp3) is 0.300. The first kappa shape index (κ1) is 17.4. The molecule has 1 aromatic carbocycles. The highest BCUT2D eigenvalue weighted by Gasteiger charge is 2.26. The second-order valence-corrected chi connectivity index (χ2v) is 6.95. The topological polar surface area (TPSA) is 91.5 Å². The Labute approximate surface area is 155 Å². The molecule has 7 nitrogen and oxygen atoms in total. The van der Waals surface area contributed by atoms with Crippen LogP contribution in [0.4, 0.5) is 0 Å². The molecule has 1 fully saturated rings. The highest BCUT2D eigenvalue weighted by molar-refractivity contribution is 5.95. The van der Waals surface area contributed by atoms with Gasteiger partial charge in [0.25, 0.3) is 5.56 Å². The summed E-state index contributed by atoms with van der Waals surface area (Å²) in [6.07, 6.45) is 0.982. The van der Waals surface area contributed by atoms with Crippen molar-refractivity contribution in [2.24, 2.45) is 7.05 Å². The number of hydrogen-bond donors (Lipinski definition) is 2. The lowest BCUT2D eigenvalue weighted by atomic mass is 10.1. The van der Waals surface area contributed by atoms with Gasteiger partial charge in [0.05, 0.1) is 12.1 Å². The SMILES string of the molecule is Cn1[nH]c(C2CCN(Cc3ccc(-c4ccccc4C(=O)O)o3)C2)cc1=O. The third kappa shape index (κ3) is 3.46. The Balaban J connectivity index is 1.46. The average Bonchev–Trinajstić information content (AvgIpc) is 3.37. The Bertz CT molecular complexity index is 1030. The molecule has 4 rings (SSSR count). The number of nitrogens with one attached hydrogen (secondary N) is 1. The predicted molar refractivity (Wildman–Crippen MR) is 99.8 cm³/mol. The quantitative estimate of drug-likeness (QED) is 0.723. The molecule has 1 saturated heterocycles. The van der Waals surface area contributed by atoms with Crippen molar-refractivity contribution in [3.8, 4) is 11.3 Å². The van der Waals surface area contributed by atoms with Gasteiger partial charge < -0.3 is 9.52 Å². The minimum absolute atomic E-state index is 0.0174. The fourth-order valence-electron chi connectivity index (χ4n) is 3.66. The van der Waals surface area contributed by atoms with Crippen LogP contribution in [-0.2, 0) is 13.6 Å². The number of rotatable bonds is 5. The molecule has 0 aliphatic carbocycles. The molecule has 3 aromatic rings. The molecule has 7 heteroatoms. The summed E-state index contributed by atoms with van der Waals surface area (Å²) in [5.41, 5.74) is 1.77. The van der Waals surface area contributed by atoms with E-state index in [2.05, 4.69) is 10.00 Å². The lowest BCUT2D eigenvalue weighted by molar-refractivity contribution is 0.0697. The van der Waals surface area contributed by atoms with Gasteiger partial charge in [-0.2, -0.15) is 0 Å². The second kappa shape index (κ2) is 6.92. The van der Waals surface area contributed by atoms with Crippen LogP contribution >= 0.6 is 0 Å². The highest BCUT2D eigenvalue weighted by atomic mass is 16.4. The molecule has 2 N–H and O–H groups in total. The van der Waals surface area contributed by atoms with Gasteiger partial charge >= 0.3 is 5.97 Å². The Morgan fingerprint density at radius 3 is 2.85 bits per heavy atom. The lowest BCUT2D eigenvalue weighted by Crippen LogP contribution is -2.19. The Kier molecular flexibility index (Phi) is 4.45. The number of aryl methyl sites for hydroxylation is 1. The monoisotopic (exact) mass is 367 g/mol. The van der Waals surface area contributed by atoms with Gasteiger partial charge in [0.15, 0.2) is 0 Å². The van der Waals surface area contributed by atoms with E-state index in [0.29, 0.717) is 23.8 Å². The number of furan rings is 1. The number of aromatic carboxylic acids is 1. The van der Waals surface area contributed by atoms with Gasteiger partial charge in [0.2, 0.25) is 0 Å². The van der Waals surface area contributed by atoms with Gasteiger partial charge in [-0.15, -0.1) is 0 Å². The van der Waals surface area contributed by atoms with E-state index in [4.69, 9.17) is 4.42 Å². The molecule has 1 aliphatic heterocycles. The number of carboxylic acids is 1. The van der Waals surface area contributed by atoms with Gasteiger partial charge in [-0.05, 0) is 31.2 Å². The maximum absolute atomic E-state index is 11.6. The molecule has 0 radical (unpaired) electrons. The van der Waals surface area contributed by atoms with Crippen molar-refractivity contribution in [3.63, 3.8) is 0 Å². The molecule has 0 bridgehead atoms. The molecule has 2 aromatic heterocycles. The summed E-state index contributed by atoms with van der Waals surface area (Å²) in [7, 11) is 1.72. The fourth-order valence-corrected chi connectivity index (χ4v) is 3.66. The Morgan fingerprint density at radius 1 is 1.30 bits per heavy atom. The van der Waals surface area contributed by atoms with Gasteiger partial charge in [-0.25, -0.2) is 4.79 Å². The molecular weight excluding hydrogens is 346 g/mol. The van der Waals surface area contributed by atoms with Crippen molar-refractivity contribution in [1.29, 1.82) is 0 Å². The van der Waals surface area contributed by atoms with Crippen LogP contribution in [0.3, 0.4) is 0 Å². The van der Waals surface area contributed by atoms with E-state index in [1.807, 2.05) is 12.1 Å². The van der Waals surface area contributed by atoms with Crippen LogP contribution in [0, 0.1) is 0 Å². The smallest absolute Gasteiger partial charge is 0.336 e. The number of H-pyrrole nitrogens is 1.